The van der Waals surface area contributed by atoms with Gasteiger partial charge in [-0.1, -0.05) is 6.92 Å². The number of rotatable bonds is 5. The van der Waals surface area contributed by atoms with Gasteiger partial charge in [0.05, 0.1) is 0 Å². The molecule has 0 radical (unpaired) electrons. The highest BCUT2D eigenvalue weighted by molar-refractivity contribution is 7.99. The molecule has 0 aliphatic heterocycles. The predicted molar refractivity (Wildman–Crippen MR) is 99.8 cm³/mol. The van der Waals surface area contributed by atoms with Crippen molar-refractivity contribution in [1.82, 2.24) is 29.7 Å². The number of aryl methyl sites for hydroxylation is 1. The molecule has 0 saturated heterocycles. The maximum Gasteiger partial charge on any atom is 0.197 e. The summed E-state index contributed by atoms with van der Waals surface area (Å²) in [5, 5.41) is 11.7. The standard InChI is InChI=1S/C17H16N6S2/c1-3-8-23-14(12-4-6-18-7-5-12)21-22-17(23)25-16-13-9-11(2)24-15(13)19-10-20-16/h4-7,9-10H,3,8H2,1-2H3. The number of hydrogen-bond acceptors (Lipinski definition) is 7. The van der Waals surface area contributed by atoms with Crippen LogP contribution in [0, 0.1) is 6.92 Å². The van der Waals surface area contributed by atoms with Gasteiger partial charge in [0, 0.05) is 34.8 Å². The van der Waals surface area contributed by atoms with Gasteiger partial charge < -0.3 is 4.57 Å². The van der Waals surface area contributed by atoms with Gasteiger partial charge in [-0.15, -0.1) is 21.5 Å². The molecule has 0 aliphatic carbocycles. The topological polar surface area (TPSA) is 69.4 Å². The van der Waals surface area contributed by atoms with E-state index in [9.17, 15) is 0 Å². The summed E-state index contributed by atoms with van der Waals surface area (Å²) in [6, 6.07) is 6.04. The maximum atomic E-state index is 4.47. The van der Waals surface area contributed by atoms with Crippen LogP contribution in [0.5, 0.6) is 0 Å². The molecule has 4 rings (SSSR count). The summed E-state index contributed by atoms with van der Waals surface area (Å²) in [6.07, 6.45) is 6.16. The van der Waals surface area contributed by atoms with Crippen LogP contribution >= 0.6 is 23.1 Å². The summed E-state index contributed by atoms with van der Waals surface area (Å²) in [6.45, 7) is 5.09. The molecule has 126 valence electrons. The predicted octanol–water partition coefficient (Wildman–Crippen LogP) is 4.21. The van der Waals surface area contributed by atoms with Gasteiger partial charge in [-0.25, -0.2) is 9.97 Å². The van der Waals surface area contributed by atoms with Crippen LogP contribution in [0.2, 0.25) is 0 Å². The smallest absolute Gasteiger partial charge is 0.197 e. The number of hydrogen-bond donors (Lipinski definition) is 0. The summed E-state index contributed by atoms with van der Waals surface area (Å²) < 4.78 is 2.15. The first-order valence-corrected chi connectivity index (χ1v) is 9.62. The molecule has 0 atom stereocenters. The number of pyridine rings is 1. The van der Waals surface area contributed by atoms with E-state index in [1.807, 2.05) is 12.1 Å². The Balaban J connectivity index is 1.76. The van der Waals surface area contributed by atoms with E-state index in [-0.39, 0.29) is 0 Å². The monoisotopic (exact) mass is 368 g/mol. The lowest BCUT2D eigenvalue weighted by atomic mass is 10.2. The minimum absolute atomic E-state index is 0.845. The molecule has 0 unspecified atom stereocenters. The number of thiophene rings is 1. The normalized spacial score (nSPS) is 11.3. The zero-order valence-corrected chi connectivity index (χ0v) is 15.5. The van der Waals surface area contributed by atoms with E-state index in [2.05, 4.69) is 49.6 Å². The molecule has 8 heteroatoms. The molecule has 0 saturated carbocycles. The number of aromatic nitrogens is 6. The van der Waals surface area contributed by atoms with Gasteiger partial charge in [0.25, 0.3) is 0 Å². The third-order valence-electron chi connectivity index (χ3n) is 3.71. The van der Waals surface area contributed by atoms with Crippen LogP contribution in [-0.2, 0) is 6.54 Å². The van der Waals surface area contributed by atoms with Crippen molar-refractivity contribution in [3.8, 4) is 11.4 Å². The molecule has 0 amide bonds. The second-order valence-corrected chi connectivity index (χ2v) is 7.74. The molecule has 0 aromatic carbocycles. The minimum atomic E-state index is 0.845. The van der Waals surface area contributed by atoms with E-state index in [4.69, 9.17) is 0 Å². The average Bonchev–Trinajstić information content (AvgIpc) is 3.20. The molecule has 4 aromatic heterocycles. The second kappa shape index (κ2) is 6.89. The van der Waals surface area contributed by atoms with E-state index >= 15 is 0 Å². The Morgan fingerprint density at radius 3 is 2.80 bits per heavy atom. The summed E-state index contributed by atoms with van der Waals surface area (Å²) in [5.74, 6) is 0.860. The van der Waals surface area contributed by atoms with Crippen LogP contribution in [-0.4, -0.2) is 29.7 Å². The highest BCUT2D eigenvalue weighted by Gasteiger charge is 2.17. The molecular weight excluding hydrogens is 352 g/mol. The lowest BCUT2D eigenvalue weighted by molar-refractivity contribution is 0.626. The van der Waals surface area contributed by atoms with Crippen molar-refractivity contribution in [2.75, 3.05) is 0 Å². The van der Waals surface area contributed by atoms with Crippen LogP contribution < -0.4 is 0 Å². The van der Waals surface area contributed by atoms with Crippen molar-refractivity contribution in [3.05, 3.63) is 41.8 Å². The summed E-state index contributed by atoms with van der Waals surface area (Å²) in [7, 11) is 0. The molecular formula is C17H16N6S2. The Kier molecular flexibility index (Phi) is 4.46. The van der Waals surface area contributed by atoms with E-state index in [0.717, 1.165) is 44.8 Å². The van der Waals surface area contributed by atoms with Gasteiger partial charge in [-0.3, -0.25) is 4.98 Å². The molecule has 0 spiro atoms. The van der Waals surface area contributed by atoms with Crippen molar-refractivity contribution in [2.45, 2.75) is 37.0 Å². The highest BCUT2D eigenvalue weighted by Crippen LogP contribution is 2.35. The molecule has 0 aliphatic rings. The van der Waals surface area contributed by atoms with Gasteiger partial charge in [0.1, 0.15) is 16.2 Å². The Bertz CT molecular complexity index is 1010. The number of nitrogens with zero attached hydrogens (tertiary/aromatic N) is 6. The van der Waals surface area contributed by atoms with Gasteiger partial charge in [0.2, 0.25) is 0 Å². The van der Waals surface area contributed by atoms with Crippen LogP contribution in [0.4, 0.5) is 0 Å². The third kappa shape index (κ3) is 3.14. The SMILES string of the molecule is CCCn1c(Sc2ncnc3sc(C)cc23)nnc1-c1ccncc1. The molecule has 0 N–H and O–H groups in total. The van der Waals surface area contributed by atoms with E-state index in [0.29, 0.717) is 0 Å². The Morgan fingerprint density at radius 2 is 2.00 bits per heavy atom. The van der Waals surface area contributed by atoms with Crippen molar-refractivity contribution in [2.24, 2.45) is 0 Å². The molecule has 0 fully saturated rings. The van der Waals surface area contributed by atoms with Crippen molar-refractivity contribution in [3.63, 3.8) is 0 Å². The maximum absolute atomic E-state index is 4.47. The first kappa shape index (κ1) is 16.2. The summed E-state index contributed by atoms with van der Waals surface area (Å²) in [5.41, 5.74) is 1.02. The summed E-state index contributed by atoms with van der Waals surface area (Å²) in [4.78, 5) is 15.1. The first-order chi connectivity index (χ1) is 12.3. The largest absolute Gasteiger partial charge is 0.302 e. The molecule has 4 heterocycles. The van der Waals surface area contributed by atoms with Crippen LogP contribution in [0.1, 0.15) is 18.2 Å². The second-order valence-electron chi connectivity index (χ2n) is 5.55. The molecule has 4 aromatic rings. The van der Waals surface area contributed by atoms with E-state index < -0.39 is 0 Å². The van der Waals surface area contributed by atoms with Gasteiger partial charge in [0.15, 0.2) is 11.0 Å². The van der Waals surface area contributed by atoms with Gasteiger partial charge in [-0.2, -0.15) is 0 Å². The van der Waals surface area contributed by atoms with Crippen LogP contribution in [0.15, 0.2) is 47.1 Å². The number of fused-ring (bicyclic) bond motifs is 1. The van der Waals surface area contributed by atoms with Crippen molar-refractivity contribution in [1.29, 1.82) is 0 Å². The van der Waals surface area contributed by atoms with Crippen molar-refractivity contribution < 1.29 is 0 Å². The highest BCUT2D eigenvalue weighted by atomic mass is 32.2. The molecule has 25 heavy (non-hydrogen) atoms. The Morgan fingerprint density at radius 1 is 1.16 bits per heavy atom. The lowest BCUT2D eigenvalue weighted by Crippen LogP contribution is -2.02. The average molecular weight is 368 g/mol. The molecule has 6 nitrogen and oxygen atoms in total. The van der Waals surface area contributed by atoms with Crippen molar-refractivity contribution >= 4 is 33.3 Å². The van der Waals surface area contributed by atoms with Gasteiger partial charge in [-0.05, 0) is 43.3 Å². The lowest BCUT2D eigenvalue weighted by Gasteiger charge is -2.08. The quantitative estimate of drug-likeness (QED) is 0.491. The summed E-state index contributed by atoms with van der Waals surface area (Å²) >= 11 is 3.22. The third-order valence-corrected chi connectivity index (χ3v) is 5.67. The zero-order valence-electron chi connectivity index (χ0n) is 13.9. The van der Waals surface area contributed by atoms with Crippen LogP contribution in [0.3, 0.4) is 0 Å². The van der Waals surface area contributed by atoms with E-state index in [1.165, 1.54) is 4.88 Å². The van der Waals surface area contributed by atoms with Crippen LogP contribution in [0.25, 0.3) is 21.6 Å². The van der Waals surface area contributed by atoms with E-state index in [1.54, 1.807) is 41.8 Å². The fourth-order valence-electron chi connectivity index (χ4n) is 2.63. The Hall–Kier alpha value is -2.32. The Labute approximate surface area is 153 Å². The fraction of sp³-hybridized carbons (Fsp3) is 0.235. The minimum Gasteiger partial charge on any atom is -0.302 e. The first-order valence-electron chi connectivity index (χ1n) is 7.99. The molecule has 0 bridgehead atoms. The fourth-order valence-corrected chi connectivity index (χ4v) is 4.45. The van der Waals surface area contributed by atoms with Gasteiger partial charge >= 0.3 is 0 Å². The zero-order chi connectivity index (χ0) is 17.2.